The van der Waals surface area contributed by atoms with Gasteiger partial charge in [0.1, 0.15) is 11.5 Å². The normalized spacial score (nSPS) is 10.6. The van der Waals surface area contributed by atoms with E-state index in [0.29, 0.717) is 15.0 Å². The molecule has 0 spiro atoms. The molecule has 2 aromatic rings. The number of hydrogen-bond acceptors (Lipinski definition) is 8. The molecule has 102 valence electrons. The molecule has 6 nitrogen and oxygen atoms in total. The molecule has 2 heterocycles. The Bertz CT molecular complexity index is 553. The van der Waals surface area contributed by atoms with Gasteiger partial charge in [0.15, 0.2) is 9.35 Å². The van der Waals surface area contributed by atoms with Crippen LogP contribution in [0.15, 0.2) is 14.9 Å². The van der Waals surface area contributed by atoms with Crippen LogP contribution >= 0.6 is 23.1 Å². The number of rotatable bonds is 6. The minimum absolute atomic E-state index is 0.227. The standard InChI is InChI=1S/C11H13N3O3S2/c1-3-4-7-5-8(14-17-7)10-12-13-11(19-10)18-6-9(15)16-2/h5H,3-4,6H2,1-2H3. The summed E-state index contributed by atoms with van der Waals surface area (Å²) in [6, 6.07) is 1.87. The SMILES string of the molecule is CCCc1cc(-c2nnc(SCC(=O)OC)s2)no1. The lowest BCUT2D eigenvalue weighted by atomic mass is 10.2. The molecule has 2 aromatic heterocycles. The molecule has 0 saturated heterocycles. The minimum Gasteiger partial charge on any atom is -0.468 e. The molecule has 2 rings (SSSR count). The van der Waals surface area contributed by atoms with Crippen molar-refractivity contribution in [3.05, 3.63) is 11.8 Å². The summed E-state index contributed by atoms with van der Waals surface area (Å²) in [7, 11) is 1.36. The van der Waals surface area contributed by atoms with Crippen molar-refractivity contribution in [3.63, 3.8) is 0 Å². The van der Waals surface area contributed by atoms with Crippen molar-refractivity contribution in [1.82, 2.24) is 15.4 Å². The fraction of sp³-hybridized carbons (Fsp3) is 0.455. The predicted molar refractivity (Wildman–Crippen MR) is 72.1 cm³/mol. The summed E-state index contributed by atoms with van der Waals surface area (Å²) in [6.07, 6.45) is 1.86. The van der Waals surface area contributed by atoms with E-state index >= 15 is 0 Å². The first-order chi connectivity index (χ1) is 9.22. The van der Waals surface area contributed by atoms with Crippen LogP contribution in [0.4, 0.5) is 0 Å². The number of carbonyl (C=O) groups excluding carboxylic acids is 1. The van der Waals surface area contributed by atoms with Gasteiger partial charge in [-0.2, -0.15) is 0 Å². The number of esters is 1. The lowest BCUT2D eigenvalue weighted by Crippen LogP contribution is -2.02. The van der Waals surface area contributed by atoms with Crippen LogP contribution in [0.2, 0.25) is 0 Å². The number of aryl methyl sites for hydroxylation is 1. The minimum atomic E-state index is -0.284. The molecule has 0 N–H and O–H groups in total. The highest BCUT2D eigenvalue weighted by atomic mass is 32.2. The molecule has 0 fully saturated rings. The molecule has 8 heteroatoms. The van der Waals surface area contributed by atoms with Crippen molar-refractivity contribution in [1.29, 1.82) is 0 Å². The van der Waals surface area contributed by atoms with Gasteiger partial charge in [-0.05, 0) is 6.42 Å². The molecule has 0 aliphatic heterocycles. The maximum Gasteiger partial charge on any atom is 0.316 e. The highest BCUT2D eigenvalue weighted by molar-refractivity contribution is 8.01. The number of carbonyl (C=O) groups is 1. The van der Waals surface area contributed by atoms with Gasteiger partial charge in [-0.25, -0.2) is 0 Å². The van der Waals surface area contributed by atoms with E-state index in [1.807, 2.05) is 6.07 Å². The Morgan fingerprint density at radius 1 is 1.53 bits per heavy atom. The molecule has 0 unspecified atom stereocenters. The van der Waals surface area contributed by atoms with Crippen LogP contribution in [-0.2, 0) is 16.0 Å². The average Bonchev–Trinajstić information content (AvgIpc) is 3.05. The number of aromatic nitrogens is 3. The molecule has 0 atom stereocenters. The van der Waals surface area contributed by atoms with Gasteiger partial charge in [0, 0.05) is 12.5 Å². The third kappa shape index (κ3) is 3.77. The molecule has 19 heavy (non-hydrogen) atoms. The van der Waals surface area contributed by atoms with E-state index in [9.17, 15) is 4.79 Å². The molecule has 0 bridgehead atoms. The second-order valence-corrected chi connectivity index (χ2v) is 5.87. The Labute approximate surface area is 118 Å². The fourth-order valence-corrected chi connectivity index (χ4v) is 2.97. The van der Waals surface area contributed by atoms with Crippen LogP contribution in [0.25, 0.3) is 10.7 Å². The van der Waals surface area contributed by atoms with Crippen molar-refractivity contribution >= 4 is 29.1 Å². The highest BCUT2D eigenvalue weighted by Gasteiger charge is 2.13. The van der Waals surface area contributed by atoms with Crippen molar-refractivity contribution in [2.75, 3.05) is 12.9 Å². The summed E-state index contributed by atoms with van der Waals surface area (Å²) in [5, 5.41) is 12.7. The number of methoxy groups -OCH3 is 1. The van der Waals surface area contributed by atoms with Gasteiger partial charge in [-0.1, -0.05) is 35.2 Å². The summed E-state index contributed by atoms with van der Waals surface area (Å²) >= 11 is 2.68. The van der Waals surface area contributed by atoms with Crippen LogP contribution in [0.1, 0.15) is 19.1 Å². The summed E-state index contributed by atoms with van der Waals surface area (Å²) in [5.41, 5.74) is 0.686. The second-order valence-electron chi connectivity index (χ2n) is 3.67. The van der Waals surface area contributed by atoms with Gasteiger partial charge >= 0.3 is 5.97 Å². The van der Waals surface area contributed by atoms with Crippen LogP contribution in [-0.4, -0.2) is 34.2 Å². The smallest absolute Gasteiger partial charge is 0.316 e. The maximum absolute atomic E-state index is 11.0. The van der Waals surface area contributed by atoms with Crippen LogP contribution in [0, 0.1) is 0 Å². The number of nitrogens with zero attached hydrogens (tertiary/aromatic N) is 3. The van der Waals surface area contributed by atoms with Crippen molar-refractivity contribution in [2.45, 2.75) is 24.1 Å². The zero-order chi connectivity index (χ0) is 13.7. The van der Waals surface area contributed by atoms with Gasteiger partial charge in [-0.3, -0.25) is 4.79 Å². The molecule has 0 radical (unpaired) electrons. The Hall–Kier alpha value is -1.41. The highest BCUT2D eigenvalue weighted by Crippen LogP contribution is 2.29. The van der Waals surface area contributed by atoms with E-state index < -0.39 is 0 Å². The van der Waals surface area contributed by atoms with Gasteiger partial charge in [-0.15, -0.1) is 10.2 Å². The first-order valence-electron chi connectivity index (χ1n) is 5.72. The Morgan fingerprint density at radius 3 is 3.11 bits per heavy atom. The molecule has 0 amide bonds. The second kappa shape index (κ2) is 6.67. The quantitative estimate of drug-likeness (QED) is 0.598. The molecule has 0 aliphatic rings. The Kier molecular flexibility index (Phi) is 4.92. The average molecular weight is 299 g/mol. The Balaban J connectivity index is 2.01. The third-order valence-corrected chi connectivity index (χ3v) is 4.27. The van der Waals surface area contributed by atoms with Gasteiger partial charge < -0.3 is 9.26 Å². The van der Waals surface area contributed by atoms with Gasteiger partial charge in [0.25, 0.3) is 0 Å². The fourth-order valence-electron chi connectivity index (χ4n) is 1.33. The maximum atomic E-state index is 11.0. The van der Waals surface area contributed by atoms with Crippen molar-refractivity contribution < 1.29 is 14.1 Å². The lowest BCUT2D eigenvalue weighted by molar-refractivity contribution is -0.137. The predicted octanol–water partition coefficient (Wildman–Crippen LogP) is 2.41. The van der Waals surface area contributed by atoms with Crippen LogP contribution in [0.5, 0.6) is 0 Å². The van der Waals surface area contributed by atoms with Crippen molar-refractivity contribution in [2.24, 2.45) is 0 Å². The van der Waals surface area contributed by atoms with Crippen LogP contribution < -0.4 is 0 Å². The zero-order valence-electron chi connectivity index (χ0n) is 10.6. The van der Waals surface area contributed by atoms with Gasteiger partial charge in [0.05, 0.1) is 12.9 Å². The summed E-state index contributed by atoms with van der Waals surface area (Å²) < 4.78 is 10.5. The number of hydrogen-bond donors (Lipinski definition) is 0. The summed E-state index contributed by atoms with van der Waals surface area (Å²) in [5.74, 6) is 0.787. The number of thioether (sulfide) groups is 1. The monoisotopic (exact) mass is 299 g/mol. The van der Waals surface area contributed by atoms with E-state index in [2.05, 4.69) is 27.0 Å². The Morgan fingerprint density at radius 2 is 2.37 bits per heavy atom. The van der Waals surface area contributed by atoms with Crippen LogP contribution in [0.3, 0.4) is 0 Å². The topological polar surface area (TPSA) is 78.1 Å². The largest absolute Gasteiger partial charge is 0.468 e. The lowest BCUT2D eigenvalue weighted by Gasteiger charge is -1.94. The summed E-state index contributed by atoms with van der Waals surface area (Å²) in [6.45, 7) is 2.08. The van der Waals surface area contributed by atoms with Gasteiger partial charge in [0.2, 0.25) is 0 Å². The first-order valence-corrected chi connectivity index (χ1v) is 7.52. The van der Waals surface area contributed by atoms with E-state index in [-0.39, 0.29) is 11.7 Å². The van der Waals surface area contributed by atoms with Crippen molar-refractivity contribution in [3.8, 4) is 10.7 Å². The van der Waals surface area contributed by atoms with E-state index in [0.717, 1.165) is 18.6 Å². The van der Waals surface area contributed by atoms with E-state index in [4.69, 9.17) is 4.52 Å². The zero-order valence-corrected chi connectivity index (χ0v) is 12.2. The first kappa shape index (κ1) is 14.0. The number of ether oxygens (including phenoxy) is 1. The van der Waals surface area contributed by atoms with E-state index in [1.54, 1.807) is 0 Å². The molecular formula is C11H13N3O3S2. The third-order valence-electron chi connectivity index (χ3n) is 2.22. The summed E-state index contributed by atoms with van der Waals surface area (Å²) in [4.78, 5) is 11.0. The molecular weight excluding hydrogens is 286 g/mol. The molecule has 0 aliphatic carbocycles. The molecule has 0 saturated carbocycles. The van der Waals surface area contributed by atoms with E-state index in [1.165, 1.54) is 30.2 Å². The molecule has 0 aromatic carbocycles.